The number of hydrogen-bond donors (Lipinski definition) is 1. The number of nitrogens with zero attached hydrogens (tertiary/aromatic N) is 1. The second-order valence-electron chi connectivity index (χ2n) is 3.30. The van der Waals surface area contributed by atoms with Crippen LogP contribution in [0.2, 0.25) is 0 Å². The molecule has 0 amide bonds. The van der Waals surface area contributed by atoms with Gasteiger partial charge in [0.25, 0.3) is 0 Å². The molecule has 0 heterocycles. The standard InChI is InChI=1S/C10H22N2O2/c1-4-9(10(13)14-5-2)12(3)8-6-7-11/h9H,4-8,11H2,1-3H3. The van der Waals surface area contributed by atoms with Gasteiger partial charge >= 0.3 is 5.97 Å². The second kappa shape index (κ2) is 7.76. The lowest BCUT2D eigenvalue weighted by atomic mass is 10.2. The molecule has 4 heteroatoms. The summed E-state index contributed by atoms with van der Waals surface area (Å²) in [6.07, 6.45) is 1.69. The Morgan fingerprint density at radius 1 is 1.50 bits per heavy atom. The van der Waals surface area contributed by atoms with E-state index >= 15 is 0 Å². The minimum atomic E-state index is -0.130. The summed E-state index contributed by atoms with van der Waals surface area (Å²) in [6.45, 7) is 5.75. The van der Waals surface area contributed by atoms with Crippen LogP contribution in [0.25, 0.3) is 0 Å². The second-order valence-corrected chi connectivity index (χ2v) is 3.30. The molecule has 0 bridgehead atoms. The van der Waals surface area contributed by atoms with Gasteiger partial charge in [0.2, 0.25) is 0 Å². The molecule has 0 aliphatic rings. The highest BCUT2D eigenvalue weighted by Gasteiger charge is 2.21. The number of hydrogen-bond acceptors (Lipinski definition) is 4. The summed E-state index contributed by atoms with van der Waals surface area (Å²) in [5.41, 5.74) is 5.41. The lowest BCUT2D eigenvalue weighted by Crippen LogP contribution is -2.40. The number of likely N-dealkylation sites (N-methyl/N-ethyl adjacent to an activating group) is 1. The van der Waals surface area contributed by atoms with E-state index in [1.807, 2.05) is 25.8 Å². The fraction of sp³-hybridized carbons (Fsp3) is 0.900. The number of esters is 1. The Labute approximate surface area is 86.4 Å². The van der Waals surface area contributed by atoms with Crippen molar-refractivity contribution in [3.05, 3.63) is 0 Å². The van der Waals surface area contributed by atoms with E-state index < -0.39 is 0 Å². The highest BCUT2D eigenvalue weighted by molar-refractivity contribution is 5.75. The normalized spacial score (nSPS) is 12.9. The molecule has 0 spiro atoms. The van der Waals surface area contributed by atoms with Crippen molar-refractivity contribution in [2.24, 2.45) is 5.73 Å². The smallest absolute Gasteiger partial charge is 0.323 e. The summed E-state index contributed by atoms with van der Waals surface area (Å²) in [4.78, 5) is 13.5. The zero-order valence-corrected chi connectivity index (χ0v) is 9.45. The van der Waals surface area contributed by atoms with Crippen molar-refractivity contribution in [3.8, 4) is 0 Å². The molecular weight excluding hydrogens is 180 g/mol. The average molecular weight is 202 g/mol. The number of carbonyl (C=O) groups excluding carboxylic acids is 1. The maximum absolute atomic E-state index is 11.5. The minimum absolute atomic E-state index is 0.124. The minimum Gasteiger partial charge on any atom is -0.465 e. The van der Waals surface area contributed by atoms with Gasteiger partial charge in [-0.05, 0) is 39.9 Å². The van der Waals surface area contributed by atoms with E-state index in [4.69, 9.17) is 10.5 Å². The molecule has 4 nitrogen and oxygen atoms in total. The van der Waals surface area contributed by atoms with Crippen LogP contribution < -0.4 is 5.73 Å². The van der Waals surface area contributed by atoms with Gasteiger partial charge in [-0.1, -0.05) is 6.92 Å². The number of rotatable bonds is 7. The average Bonchev–Trinajstić information content (AvgIpc) is 2.16. The van der Waals surface area contributed by atoms with Gasteiger partial charge in [-0.15, -0.1) is 0 Å². The Morgan fingerprint density at radius 3 is 2.57 bits per heavy atom. The fourth-order valence-corrected chi connectivity index (χ4v) is 1.39. The van der Waals surface area contributed by atoms with E-state index in [1.165, 1.54) is 0 Å². The monoisotopic (exact) mass is 202 g/mol. The van der Waals surface area contributed by atoms with Crippen LogP contribution in [0.3, 0.4) is 0 Å². The molecule has 0 rings (SSSR count). The third-order valence-corrected chi connectivity index (χ3v) is 2.19. The summed E-state index contributed by atoms with van der Waals surface area (Å²) in [5, 5.41) is 0. The van der Waals surface area contributed by atoms with Gasteiger partial charge in [0.1, 0.15) is 6.04 Å². The molecule has 0 radical (unpaired) electrons. The van der Waals surface area contributed by atoms with Gasteiger partial charge in [0, 0.05) is 0 Å². The van der Waals surface area contributed by atoms with Crippen LogP contribution in [0, 0.1) is 0 Å². The third-order valence-electron chi connectivity index (χ3n) is 2.19. The first-order valence-electron chi connectivity index (χ1n) is 5.24. The predicted octanol–water partition coefficient (Wildman–Crippen LogP) is 0.609. The van der Waals surface area contributed by atoms with Crippen LogP contribution in [-0.2, 0) is 9.53 Å². The van der Waals surface area contributed by atoms with Crippen LogP contribution in [-0.4, -0.2) is 43.7 Å². The van der Waals surface area contributed by atoms with Crippen LogP contribution in [0.15, 0.2) is 0 Å². The van der Waals surface area contributed by atoms with Crippen LogP contribution in [0.4, 0.5) is 0 Å². The van der Waals surface area contributed by atoms with Crippen LogP contribution in [0.1, 0.15) is 26.7 Å². The van der Waals surface area contributed by atoms with Crippen LogP contribution >= 0.6 is 0 Å². The maximum atomic E-state index is 11.5. The van der Waals surface area contributed by atoms with Crippen molar-refractivity contribution in [1.29, 1.82) is 0 Å². The highest BCUT2D eigenvalue weighted by atomic mass is 16.5. The van der Waals surface area contributed by atoms with E-state index in [9.17, 15) is 4.79 Å². The largest absolute Gasteiger partial charge is 0.465 e. The van der Waals surface area contributed by atoms with Crippen molar-refractivity contribution in [2.45, 2.75) is 32.7 Å². The van der Waals surface area contributed by atoms with Gasteiger partial charge in [-0.25, -0.2) is 0 Å². The summed E-state index contributed by atoms with van der Waals surface area (Å²) in [6, 6.07) is -0.124. The molecule has 0 fully saturated rings. The number of nitrogens with two attached hydrogens (primary N) is 1. The van der Waals surface area contributed by atoms with E-state index in [-0.39, 0.29) is 12.0 Å². The first-order chi connectivity index (χ1) is 6.67. The van der Waals surface area contributed by atoms with E-state index in [0.717, 1.165) is 19.4 Å². The lowest BCUT2D eigenvalue weighted by Gasteiger charge is -2.24. The van der Waals surface area contributed by atoms with Crippen LogP contribution in [0.5, 0.6) is 0 Å². The number of ether oxygens (including phenoxy) is 1. The van der Waals surface area contributed by atoms with Gasteiger partial charge in [-0.3, -0.25) is 9.69 Å². The zero-order valence-electron chi connectivity index (χ0n) is 9.45. The number of carbonyl (C=O) groups is 1. The molecule has 84 valence electrons. The SMILES string of the molecule is CCOC(=O)C(CC)N(C)CCCN. The summed E-state index contributed by atoms with van der Waals surface area (Å²) >= 11 is 0. The molecule has 14 heavy (non-hydrogen) atoms. The predicted molar refractivity (Wildman–Crippen MR) is 57.0 cm³/mol. The lowest BCUT2D eigenvalue weighted by molar-refractivity contribution is -0.149. The third kappa shape index (κ3) is 4.58. The van der Waals surface area contributed by atoms with Gasteiger partial charge < -0.3 is 10.5 Å². The fourth-order valence-electron chi connectivity index (χ4n) is 1.39. The molecule has 1 atom stereocenters. The molecule has 2 N–H and O–H groups in total. The zero-order chi connectivity index (χ0) is 11.0. The van der Waals surface area contributed by atoms with Gasteiger partial charge in [0.15, 0.2) is 0 Å². The Bertz CT molecular complexity index is 162. The Kier molecular flexibility index (Phi) is 7.42. The van der Waals surface area contributed by atoms with Crippen molar-refractivity contribution in [3.63, 3.8) is 0 Å². The molecular formula is C10H22N2O2. The molecule has 0 aromatic heterocycles. The molecule has 1 unspecified atom stereocenters. The van der Waals surface area contributed by atoms with Crippen molar-refractivity contribution < 1.29 is 9.53 Å². The topological polar surface area (TPSA) is 55.6 Å². The molecule has 0 aliphatic carbocycles. The van der Waals surface area contributed by atoms with Crippen molar-refractivity contribution >= 4 is 5.97 Å². The van der Waals surface area contributed by atoms with Crippen molar-refractivity contribution in [1.82, 2.24) is 4.90 Å². The van der Waals surface area contributed by atoms with E-state index in [1.54, 1.807) is 0 Å². The first kappa shape index (κ1) is 13.4. The van der Waals surface area contributed by atoms with E-state index in [0.29, 0.717) is 13.2 Å². The Balaban J connectivity index is 4.03. The first-order valence-corrected chi connectivity index (χ1v) is 5.24. The molecule has 0 saturated carbocycles. The molecule has 0 aromatic carbocycles. The summed E-state index contributed by atoms with van der Waals surface area (Å²) in [5.74, 6) is -0.130. The molecule has 0 saturated heterocycles. The van der Waals surface area contributed by atoms with Gasteiger partial charge in [-0.2, -0.15) is 0 Å². The quantitative estimate of drug-likeness (QED) is 0.614. The molecule has 0 aromatic rings. The maximum Gasteiger partial charge on any atom is 0.323 e. The Morgan fingerprint density at radius 2 is 2.14 bits per heavy atom. The highest BCUT2D eigenvalue weighted by Crippen LogP contribution is 2.04. The summed E-state index contributed by atoms with van der Waals surface area (Å²) < 4.78 is 4.98. The van der Waals surface area contributed by atoms with E-state index in [2.05, 4.69) is 0 Å². The van der Waals surface area contributed by atoms with Gasteiger partial charge in [0.05, 0.1) is 6.61 Å². The molecule has 0 aliphatic heterocycles. The summed E-state index contributed by atoms with van der Waals surface area (Å²) in [7, 11) is 1.93. The van der Waals surface area contributed by atoms with Crippen molar-refractivity contribution in [2.75, 3.05) is 26.7 Å². The Hall–Kier alpha value is -0.610.